The Morgan fingerprint density at radius 1 is 1.12 bits per heavy atom. The fourth-order valence-electron chi connectivity index (χ4n) is 2.48. The number of sulfonamides is 1. The quantitative estimate of drug-likeness (QED) is 0.508. The third kappa shape index (κ3) is 2.84. The molecule has 10 heteroatoms. The van der Waals surface area contributed by atoms with Gasteiger partial charge in [0, 0.05) is 29.8 Å². The highest BCUT2D eigenvalue weighted by atomic mass is 32.2. The molecule has 3 aromatic heterocycles. The molecule has 25 heavy (non-hydrogen) atoms. The number of aromatic nitrogens is 5. The number of nitrogens with two attached hydrogens (primary N) is 1. The molecule has 126 valence electrons. The molecule has 4 aromatic rings. The minimum atomic E-state index is -3.72. The summed E-state index contributed by atoms with van der Waals surface area (Å²) in [5.41, 5.74) is 3.03. The van der Waals surface area contributed by atoms with Crippen molar-refractivity contribution in [2.45, 2.75) is 4.90 Å². The maximum Gasteiger partial charge on any atom is 0.238 e. The van der Waals surface area contributed by atoms with E-state index in [0.717, 1.165) is 11.3 Å². The van der Waals surface area contributed by atoms with Crippen LogP contribution < -0.4 is 10.5 Å². The van der Waals surface area contributed by atoms with Crippen LogP contribution in [0.4, 0.5) is 11.5 Å². The van der Waals surface area contributed by atoms with Gasteiger partial charge in [-0.15, -0.1) is 0 Å². The Balaban J connectivity index is 1.71. The summed E-state index contributed by atoms with van der Waals surface area (Å²) >= 11 is 0. The van der Waals surface area contributed by atoms with Crippen molar-refractivity contribution in [2.24, 2.45) is 5.14 Å². The zero-order valence-electron chi connectivity index (χ0n) is 12.8. The van der Waals surface area contributed by atoms with E-state index < -0.39 is 10.0 Å². The van der Waals surface area contributed by atoms with Gasteiger partial charge in [-0.25, -0.2) is 23.5 Å². The molecule has 0 saturated heterocycles. The highest BCUT2D eigenvalue weighted by molar-refractivity contribution is 7.89. The molecule has 0 spiro atoms. The lowest BCUT2D eigenvalue weighted by Gasteiger charge is -2.10. The smallest absolute Gasteiger partial charge is 0.238 e. The van der Waals surface area contributed by atoms with E-state index in [9.17, 15) is 8.42 Å². The summed E-state index contributed by atoms with van der Waals surface area (Å²) in [4.78, 5) is 8.80. The molecule has 9 nitrogen and oxygen atoms in total. The van der Waals surface area contributed by atoms with Gasteiger partial charge < -0.3 is 5.32 Å². The van der Waals surface area contributed by atoms with Gasteiger partial charge in [0.05, 0.1) is 23.0 Å². The fraction of sp³-hybridized carbons (Fsp3) is 0. The van der Waals surface area contributed by atoms with Crippen molar-refractivity contribution < 1.29 is 8.42 Å². The lowest BCUT2D eigenvalue weighted by atomic mass is 10.2. The van der Waals surface area contributed by atoms with E-state index in [1.54, 1.807) is 36.9 Å². The Kier molecular flexibility index (Phi) is 3.48. The fourth-order valence-corrected chi connectivity index (χ4v) is 2.99. The zero-order valence-corrected chi connectivity index (χ0v) is 13.6. The minimum absolute atomic E-state index is 0.0484. The summed E-state index contributed by atoms with van der Waals surface area (Å²) in [6.07, 6.45) is 8.69. The highest BCUT2D eigenvalue weighted by Gasteiger charge is 2.12. The molecule has 0 atom stereocenters. The molecule has 0 radical (unpaired) electrons. The highest BCUT2D eigenvalue weighted by Crippen LogP contribution is 2.25. The van der Waals surface area contributed by atoms with E-state index in [-0.39, 0.29) is 4.90 Å². The average Bonchev–Trinajstić information content (AvgIpc) is 3.27. The van der Waals surface area contributed by atoms with Crippen molar-refractivity contribution in [1.29, 1.82) is 0 Å². The van der Waals surface area contributed by atoms with Gasteiger partial charge in [-0.2, -0.15) is 5.10 Å². The van der Waals surface area contributed by atoms with Crippen LogP contribution in [0.2, 0.25) is 0 Å². The number of benzene rings is 1. The Morgan fingerprint density at radius 3 is 2.60 bits per heavy atom. The maximum absolute atomic E-state index is 11.3. The number of primary sulfonamides is 1. The first-order valence-electron chi connectivity index (χ1n) is 7.23. The number of rotatable bonds is 4. The average molecular weight is 355 g/mol. The first-order chi connectivity index (χ1) is 12.0. The molecule has 4 rings (SSSR count). The number of imidazole rings is 1. The van der Waals surface area contributed by atoms with E-state index in [2.05, 4.69) is 25.5 Å². The summed E-state index contributed by atoms with van der Waals surface area (Å²) < 4.78 is 24.5. The van der Waals surface area contributed by atoms with Crippen LogP contribution in [0, 0.1) is 0 Å². The lowest BCUT2D eigenvalue weighted by Crippen LogP contribution is -2.11. The SMILES string of the molecule is NS(=O)(=O)c1ccc(Nc2ncc(-c3cn[nH]c3)n3ccnc23)cc1. The van der Waals surface area contributed by atoms with Crippen LogP contribution in [0.3, 0.4) is 0 Å². The molecule has 0 bridgehead atoms. The van der Waals surface area contributed by atoms with E-state index in [0.29, 0.717) is 17.2 Å². The van der Waals surface area contributed by atoms with Crippen molar-refractivity contribution >= 4 is 27.2 Å². The van der Waals surface area contributed by atoms with Gasteiger partial charge in [0.25, 0.3) is 0 Å². The van der Waals surface area contributed by atoms with Gasteiger partial charge in [0.15, 0.2) is 11.5 Å². The van der Waals surface area contributed by atoms with Gasteiger partial charge in [-0.1, -0.05) is 0 Å². The van der Waals surface area contributed by atoms with Crippen molar-refractivity contribution in [3.8, 4) is 11.3 Å². The largest absolute Gasteiger partial charge is 0.337 e. The predicted octanol–water partition coefficient (Wildman–Crippen LogP) is 1.51. The van der Waals surface area contributed by atoms with Gasteiger partial charge in [0.1, 0.15) is 0 Å². The summed E-state index contributed by atoms with van der Waals surface area (Å²) in [5.74, 6) is 0.542. The number of anilines is 2. The molecule has 0 unspecified atom stereocenters. The predicted molar refractivity (Wildman–Crippen MR) is 91.7 cm³/mol. The molecule has 0 aliphatic rings. The molecular weight excluding hydrogens is 342 g/mol. The van der Waals surface area contributed by atoms with Crippen LogP contribution in [0.5, 0.6) is 0 Å². The second kappa shape index (κ2) is 5.69. The maximum atomic E-state index is 11.3. The summed E-state index contributed by atoms with van der Waals surface area (Å²) in [6.45, 7) is 0. The molecule has 0 aliphatic heterocycles. The van der Waals surface area contributed by atoms with Gasteiger partial charge in [0.2, 0.25) is 10.0 Å². The van der Waals surface area contributed by atoms with Crippen LogP contribution >= 0.6 is 0 Å². The first-order valence-corrected chi connectivity index (χ1v) is 8.78. The number of hydrogen-bond donors (Lipinski definition) is 3. The van der Waals surface area contributed by atoms with Crippen molar-refractivity contribution in [3.05, 3.63) is 55.2 Å². The third-order valence-electron chi connectivity index (χ3n) is 3.67. The first kappa shape index (κ1) is 15.3. The van der Waals surface area contributed by atoms with Crippen LogP contribution in [-0.2, 0) is 10.0 Å². The van der Waals surface area contributed by atoms with Crippen molar-refractivity contribution in [1.82, 2.24) is 24.6 Å². The van der Waals surface area contributed by atoms with E-state index in [1.165, 1.54) is 12.1 Å². The number of nitrogens with zero attached hydrogens (tertiary/aromatic N) is 4. The molecule has 0 saturated carbocycles. The third-order valence-corrected chi connectivity index (χ3v) is 4.60. The molecule has 0 amide bonds. The standard InChI is InChI=1S/C15H13N7O2S/c16-25(23,24)12-3-1-11(2-4-12)21-14-15-17-5-6-22(15)13(9-18-14)10-7-19-20-8-10/h1-9H,(H,18,21)(H,19,20)(H2,16,23,24). The van der Waals surface area contributed by atoms with Gasteiger partial charge in [-0.3, -0.25) is 9.50 Å². The minimum Gasteiger partial charge on any atom is -0.337 e. The van der Waals surface area contributed by atoms with Crippen molar-refractivity contribution in [3.63, 3.8) is 0 Å². The Bertz CT molecular complexity index is 1130. The molecular formula is C15H13N7O2S. The molecule has 4 N–H and O–H groups in total. The number of nitrogens with one attached hydrogen (secondary N) is 2. The van der Waals surface area contributed by atoms with Gasteiger partial charge >= 0.3 is 0 Å². The van der Waals surface area contributed by atoms with E-state index >= 15 is 0 Å². The van der Waals surface area contributed by atoms with Crippen LogP contribution in [0.25, 0.3) is 16.9 Å². The van der Waals surface area contributed by atoms with E-state index in [1.807, 2.05) is 10.6 Å². The summed E-state index contributed by atoms with van der Waals surface area (Å²) in [5, 5.41) is 14.9. The van der Waals surface area contributed by atoms with Crippen molar-refractivity contribution in [2.75, 3.05) is 5.32 Å². The molecule has 3 heterocycles. The normalized spacial score (nSPS) is 11.7. The Labute approximate surface area is 142 Å². The van der Waals surface area contributed by atoms with Gasteiger partial charge in [-0.05, 0) is 24.3 Å². The lowest BCUT2D eigenvalue weighted by molar-refractivity contribution is 0.598. The number of fused-ring (bicyclic) bond motifs is 1. The number of H-pyrrole nitrogens is 1. The second-order valence-electron chi connectivity index (χ2n) is 5.29. The molecule has 0 fully saturated rings. The number of hydrogen-bond acceptors (Lipinski definition) is 6. The van der Waals surface area contributed by atoms with Crippen LogP contribution in [-0.4, -0.2) is 33.0 Å². The number of aromatic amines is 1. The molecule has 0 aliphatic carbocycles. The summed E-state index contributed by atoms with van der Waals surface area (Å²) in [7, 11) is -3.72. The van der Waals surface area contributed by atoms with E-state index in [4.69, 9.17) is 5.14 Å². The van der Waals surface area contributed by atoms with Crippen LogP contribution in [0.15, 0.2) is 60.1 Å². The topological polar surface area (TPSA) is 131 Å². The molecule has 1 aromatic carbocycles. The Hall–Kier alpha value is -3.24. The summed E-state index contributed by atoms with van der Waals surface area (Å²) in [6, 6.07) is 6.09. The monoisotopic (exact) mass is 355 g/mol. The zero-order chi connectivity index (χ0) is 17.4. The second-order valence-corrected chi connectivity index (χ2v) is 6.86. The van der Waals surface area contributed by atoms with Crippen LogP contribution in [0.1, 0.15) is 0 Å². The Morgan fingerprint density at radius 2 is 1.92 bits per heavy atom.